The lowest BCUT2D eigenvalue weighted by atomic mass is 10.1. The molecule has 0 aliphatic carbocycles. The molecule has 0 radical (unpaired) electrons. The first-order valence-corrected chi connectivity index (χ1v) is 9.80. The van der Waals surface area contributed by atoms with E-state index >= 15 is 0 Å². The number of benzene rings is 2. The second kappa shape index (κ2) is 9.71. The first-order valence-electron chi connectivity index (χ1n) is 9.80. The van der Waals surface area contributed by atoms with Crippen LogP contribution < -0.4 is 20.9 Å². The number of rotatable bonds is 7. The highest BCUT2D eigenvalue weighted by atomic mass is 16.5. The van der Waals surface area contributed by atoms with E-state index < -0.39 is 11.5 Å². The molecule has 0 aliphatic rings. The van der Waals surface area contributed by atoms with Gasteiger partial charge in [0.05, 0.1) is 18.5 Å². The Labute approximate surface area is 179 Å². The maximum atomic E-state index is 12.9. The first-order chi connectivity index (χ1) is 14.9. The Bertz CT molecular complexity index is 1140. The van der Waals surface area contributed by atoms with E-state index in [1.54, 1.807) is 38.1 Å². The summed E-state index contributed by atoms with van der Waals surface area (Å²) in [6.45, 7) is 3.13. The van der Waals surface area contributed by atoms with Crippen molar-refractivity contribution < 1.29 is 14.3 Å². The zero-order chi connectivity index (χ0) is 22.4. The Morgan fingerprint density at radius 3 is 2.35 bits per heavy atom. The van der Waals surface area contributed by atoms with Gasteiger partial charge in [0.15, 0.2) is 0 Å². The molecule has 2 N–H and O–H groups in total. The van der Waals surface area contributed by atoms with Crippen molar-refractivity contribution in [2.75, 3.05) is 17.7 Å². The average molecular weight is 420 g/mol. The van der Waals surface area contributed by atoms with E-state index in [-0.39, 0.29) is 24.1 Å². The van der Waals surface area contributed by atoms with Gasteiger partial charge in [-0.05, 0) is 18.2 Å². The second-order valence-corrected chi connectivity index (χ2v) is 7.16. The molecule has 0 bridgehead atoms. The standard InChI is InChI=1S/C23H24N4O4/c1-15(2)22(29)25-19-13-18(16-9-5-4-6-10-16)26-27(23(19)30)14-21(28)24-17-11-7-8-12-20(17)31-3/h4-13,15H,14H2,1-3H3,(H,24,28)(H,25,29). The van der Waals surface area contributed by atoms with Gasteiger partial charge < -0.3 is 15.4 Å². The van der Waals surface area contributed by atoms with E-state index in [1.807, 2.05) is 30.3 Å². The lowest BCUT2D eigenvalue weighted by Crippen LogP contribution is -2.33. The van der Waals surface area contributed by atoms with Crippen LogP contribution in [0.4, 0.5) is 11.4 Å². The molecule has 0 saturated carbocycles. The molecular weight excluding hydrogens is 396 g/mol. The van der Waals surface area contributed by atoms with E-state index in [0.29, 0.717) is 17.1 Å². The lowest BCUT2D eigenvalue weighted by molar-refractivity contribution is -0.119. The van der Waals surface area contributed by atoms with Crippen molar-refractivity contribution in [2.24, 2.45) is 5.92 Å². The zero-order valence-corrected chi connectivity index (χ0v) is 17.6. The van der Waals surface area contributed by atoms with Crippen LogP contribution in [-0.2, 0) is 16.1 Å². The van der Waals surface area contributed by atoms with E-state index in [0.717, 1.165) is 10.2 Å². The van der Waals surface area contributed by atoms with Crippen LogP contribution in [0.3, 0.4) is 0 Å². The summed E-state index contributed by atoms with van der Waals surface area (Å²) in [6.07, 6.45) is 0. The van der Waals surface area contributed by atoms with Crippen molar-refractivity contribution in [3.63, 3.8) is 0 Å². The topological polar surface area (TPSA) is 102 Å². The number of methoxy groups -OCH3 is 1. The van der Waals surface area contributed by atoms with Gasteiger partial charge in [0, 0.05) is 11.5 Å². The van der Waals surface area contributed by atoms with Crippen molar-refractivity contribution in [1.82, 2.24) is 9.78 Å². The second-order valence-electron chi connectivity index (χ2n) is 7.16. The number of ether oxygens (including phenoxy) is 1. The van der Waals surface area contributed by atoms with Gasteiger partial charge in [-0.1, -0.05) is 56.3 Å². The van der Waals surface area contributed by atoms with Crippen molar-refractivity contribution in [1.29, 1.82) is 0 Å². The average Bonchev–Trinajstić information content (AvgIpc) is 2.77. The number of nitrogens with one attached hydrogen (secondary N) is 2. The summed E-state index contributed by atoms with van der Waals surface area (Å²) < 4.78 is 6.28. The molecule has 31 heavy (non-hydrogen) atoms. The van der Waals surface area contributed by atoms with E-state index in [4.69, 9.17) is 4.74 Å². The van der Waals surface area contributed by atoms with Crippen molar-refractivity contribution in [3.05, 3.63) is 71.0 Å². The molecule has 2 amide bonds. The lowest BCUT2D eigenvalue weighted by Gasteiger charge is -2.13. The monoisotopic (exact) mass is 420 g/mol. The Morgan fingerprint density at radius 2 is 1.68 bits per heavy atom. The molecule has 0 aliphatic heterocycles. The highest BCUT2D eigenvalue weighted by molar-refractivity contribution is 5.93. The Morgan fingerprint density at radius 1 is 1.00 bits per heavy atom. The highest BCUT2D eigenvalue weighted by Crippen LogP contribution is 2.23. The van der Waals surface area contributed by atoms with Crippen LogP contribution in [0.5, 0.6) is 5.75 Å². The Balaban J connectivity index is 1.95. The van der Waals surface area contributed by atoms with Crippen LogP contribution in [0.2, 0.25) is 0 Å². The molecule has 0 fully saturated rings. The molecule has 0 unspecified atom stereocenters. The fraction of sp³-hybridized carbons (Fsp3) is 0.217. The van der Waals surface area contributed by atoms with Gasteiger partial charge in [0.2, 0.25) is 11.8 Å². The summed E-state index contributed by atoms with van der Waals surface area (Å²) in [5.74, 6) is -0.563. The molecule has 1 heterocycles. The third-order valence-electron chi connectivity index (χ3n) is 4.50. The summed E-state index contributed by atoms with van der Waals surface area (Å²) in [7, 11) is 1.50. The van der Waals surface area contributed by atoms with Gasteiger partial charge in [-0.15, -0.1) is 0 Å². The van der Waals surface area contributed by atoms with Crippen LogP contribution in [0.15, 0.2) is 65.5 Å². The number of nitrogens with zero attached hydrogens (tertiary/aromatic N) is 2. The SMILES string of the molecule is COc1ccccc1NC(=O)Cn1nc(-c2ccccc2)cc(NC(=O)C(C)C)c1=O. The predicted molar refractivity (Wildman–Crippen MR) is 119 cm³/mol. The summed E-state index contributed by atoms with van der Waals surface area (Å²) in [5.41, 5.74) is 1.20. The van der Waals surface area contributed by atoms with E-state index in [9.17, 15) is 14.4 Å². The smallest absolute Gasteiger partial charge is 0.291 e. The molecule has 8 heteroatoms. The minimum atomic E-state index is -0.566. The van der Waals surface area contributed by atoms with Crippen LogP contribution in [0.25, 0.3) is 11.3 Å². The zero-order valence-electron chi connectivity index (χ0n) is 17.6. The maximum Gasteiger partial charge on any atom is 0.291 e. The predicted octanol–water partition coefficient (Wildman–Crippen LogP) is 3.15. The highest BCUT2D eigenvalue weighted by Gasteiger charge is 2.16. The minimum Gasteiger partial charge on any atom is -0.495 e. The molecule has 160 valence electrons. The largest absolute Gasteiger partial charge is 0.495 e. The molecule has 3 rings (SSSR count). The van der Waals surface area contributed by atoms with Crippen LogP contribution >= 0.6 is 0 Å². The molecule has 2 aromatic carbocycles. The molecule has 1 aromatic heterocycles. The molecular formula is C23H24N4O4. The van der Waals surface area contributed by atoms with Gasteiger partial charge in [0.25, 0.3) is 5.56 Å². The van der Waals surface area contributed by atoms with Crippen LogP contribution in [0, 0.1) is 5.92 Å². The number of carbonyl (C=O) groups excluding carboxylic acids is 2. The van der Waals surface area contributed by atoms with E-state index in [2.05, 4.69) is 15.7 Å². The third-order valence-corrected chi connectivity index (χ3v) is 4.50. The fourth-order valence-electron chi connectivity index (χ4n) is 2.84. The molecule has 3 aromatic rings. The molecule has 0 spiro atoms. The van der Waals surface area contributed by atoms with Crippen molar-refractivity contribution in [3.8, 4) is 17.0 Å². The van der Waals surface area contributed by atoms with Gasteiger partial charge in [-0.25, -0.2) is 4.68 Å². The summed E-state index contributed by atoms with van der Waals surface area (Å²) in [5, 5.41) is 9.70. The number of amides is 2. The summed E-state index contributed by atoms with van der Waals surface area (Å²) in [6, 6.07) is 17.7. The normalized spacial score (nSPS) is 10.6. The number of hydrogen-bond donors (Lipinski definition) is 2. The maximum absolute atomic E-state index is 12.9. The van der Waals surface area contributed by atoms with Gasteiger partial charge in [0.1, 0.15) is 18.0 Å². The number of hydrogen-bond acceptors (Lipinski definition) is 5. The molecule has 0 atom stereocenters. The van der Waals surface area contributed by atoms with Crippen molar-refractivity contribution >= 4 is 23.2 Å². The first kappa shape index (κ1) is 21.8. The van der Waals surface area contributed by atoms with Gasteiger partial charge in [-0.2, -0.15) is 5.10 Å². The van der Waals surface area contributed by atoms with Crippen molar-refractivity contribution in [2.45, 2.75) is 20.4 Å². The number of para-hydroxylation sites is 2. The van der Waals surface area contributed by atoms with Crippen LogP contribution in [-0.4, -0.2) is 28.7 Å². The molecule has 8 nitrogen and oxygen atoms in total. The number of carbonyl (C=O) groups is 2. The molecule has 0 saturated heterocycles. The number of aromatic nitrogens is 2. The Hall–Kier alpha value is -3.94. The van der Waals surface area contributed by atoms with Gasteiger partial charge in [-0.3, -0.25) is 14.4 Å². The van der Waals surface area contributed by atoms with Gasteiger partial charge >= 0.3 is 0 Å². The summed E-state index contributed by atoms with van der Waals surface area (Å²) in [4.78, 5) is 37.7. The minimum absolute atomic E-state index is 0.0673. The third kappa shape index (κ3) is 5.36. The Kier molecular flexibility index (Phi) is 6.81. The fourth-order valence-corrected chi connectivity index (χ4v) is 2.84. The van der Waals surface area contributed by atoms with Crippen LogP contribution in [0.1, 0.15) is 13.8 Å². The quantitative estimate of drug-likeness (QED) is 0.611. The summed E-state index contributed by atoms with van der Waals surface area (Å²) >= 11 is 0. The van der Waals surface area contributed by atoms with E-state index in [1.165, 1.54) is 13.2 Å². The number of anilines is 2.